The van der Waals surface area contributed by atoms with Crippen molar-refractivity contribution in [1.29, 1.82) is 0 Å². The minimum absolute atomic E-state index is 0.0811. The Labute approximate surface area is 231 Å². The fourth-order valence-electron chi connectivity index (χ4n) is 6.96. The number of likely N-dealkylation sites (tertiary alicyclic amines) is 1. The molecule has 1 spiro atoms. The molecule has 1 aromatic rings. The van der Waals surface area contributed by atoms with Crippen molar-refractivity contribution in [3.05, 3.63) is 42.0 Å². The molecule has 5 unspecified atom stereocenters. The molecule has 2 bridgehead atoms. The van der Waals surface area contributed by atoms with Crippen molar-refractivity contribution in [2.45, 2.75) is 89.5 Å². The molecule has 0 radical (unpaired) electrons. The Bertz CT molecular complexity index is 1100. The lowest BCUT2D eigenvalue weighted by Gasteiger charge is -2.36. The van der Waals surface area contributed by atoms with E-state index in [1.807, 2.05) is 43.3 Å². The number of hydrogen-bond donors (Lipinski definition) is 2. The number of carbonyl (C=O) groups excluding carboxylic acids is 3. The quantitative estimate of drug-likeness (QED) is 0.347. The second kappa shape index (κ2) is 11.4. The van der Waals surface area contributed by atoms with Crippen LogP contribution in [0.15, 0.2) is 36.4 Å². The molecule has 3 aliphatic heterocycles. The molecule has 8 heteroatoms. The standard InChI is InChI=1S/C31H43N3O5/c1-5-38-18-8-17-34-27(29(36)33-23-10-7-6-9-20(23)4)31-16-15-24(39-31)25(26(31)30(34)37)28(35)32-22-13-11-21(12-14-22)19(2)3/h11-16,19-20,23-27H,5-10,17-18H2,1-4H3,(H,32,35)(H,33,36)/t20?,23?,24-,25?,26-,27?,31?/m1/s1. The number of hydrogen-bond acceptors (Lipinski definition) is 5. The van der Waals surface area contributed by atoms with Crippen LogP contribution in [0.1, 0.15) is 71.3 Å². The average molecular weight is 538 g/mol. The van der Waals surface area contributed by atoms with Gasteiger partial charge < -0.3 is 25.0 Å². The van der Waals surface area contributed by atoms with Crippen LogP contribution in [0.2, 0.25) is 0 Å². The topological polar surface area (TPSA) is 97.0 Å². The van der Waals surface area contributed by atoms with Crippen LogP contribution < -0.4 is 10.6 Å². The lowest BCUT2D eigenvalue weighted by molar-refractivity contribution is -0.141. The number of nitrogens with one attached hydrogen (secondary N) is 2. The van der Waals surface area contributed by atoms with E-state index in [-0.39, 0.29) is 23.8 Å². The number of nitrogens with zero attached hydrogens (tertiary/aromatic N) is 1. The summed E-state index contributed by atoms with van der Waals surface area (Å²) in [4.78, 5) is 43.2. The molecule has 0 aromatic heterocycles. The number of benzene rings is 1. The first-order valence-electron chi connectivity index (χ1n) is 14.7. The summed E-state index contributed by atoms with van der Waals surface area (Å²) >= 11 is 0. The van der Waals surface area contributed by atoms with E-state index in [1.165, 1.54) is 12.0 Å². The molecular weight excluding hydrogens is 494 g/mol. The van der Waals surface area contributed by atoms with E-state index >= 15 is 0 Å². The molecule has 3 heterocycles. The third-order valence-corrected chi connectivity index (χ3v) is 9.10. The van der Waals surface area contributed by atoms with E-state index in [4.69, 9.17) is 9.47 Å². The fourth-order valence-corrected chi connectivity index (χ4v) is 6.96. The molecule has 39 heavy (non-hydrogen) atoms. The van der Waals surface area contributed by atoms with Crippen molar-refractivity contribution < 1.29 is 23.9 Å². The largest absolute Gasteiger partial charge is 0.382 e. The summed E-state index contributed by atoms with van der Waals surface area (Å²) in [5.74, 6) is -1.29. The highest BCUT2D eigenvalue weighted by molar-refractivity contribution is 6.02. The number of carbonyl (C=O) groups is 3. The van der Waals surface area contributed by atoms with Crippen molar-refractivity contribution in [2.75, 3.05) is 25.1 Å². The maximum atomic E-state index is 14.0. The maximum absolute atomic E-state index is 14.0. The third kappa shape index (κ3) is 5.13. The van der Waals surface area contributed by atoms with Gasteiger partial charge in [0.1, 0.15) is 11.6 Å². The van der Waals surface area contributed by atoms with Crippen LogP contribution in [0.25, 0.3) is 0 Å². The Morgan fingerprint density at radius 1 is 1.15 bits per heavy atom. The summed E-state index contributed by atoms with van der Waals surface area (Å²) in [7, 11) is 0. The van der Waals surface area contributed by atoms with Crippen LogP contribution in [0.3, 0.4) is 0 Å². The second-order valence-electron chi connectivity index (χ2n) is 11.9. The van der Waals surface area contributed by atoms with Crippen molar-refractivity contribution in [2.24, 2.45) is 17.8 Å². The highest BCUT2D eigenvalue weighted by Gasteiger charge is 2.72. The highest BCUT2D eigenvalue weighted by Crippen LogP contribution is 2.55. The predicted octanol–water partition coefficient (Wildman–Crippen LogP) is 4.02. The lowest BCUT2D eigenvalue weighted by Crippen LogP contribution is -2.57. The summed E-state index contributed by atoms with van der Waals surface area (Å²) < 4.78 is 12.0. The molecule has 3 amide bonds. The molecule has 7 atom stereocenters. The van der Waals surface area contributed by atoms with Gasteiger partial charge in [-0.1, -0.05) is 57.9 Å². The van der Waals surface area contributed by atoms with E-state index in [0.29, 0.717) is 43.7 Å². The molecule has 212 valence electrons. The van der Waals surface area contributed by atoms with E-state index in [2.05, 4.69) is 31.4 Å². The van der Waals surface area contributed by atoms with E-state index in [0.717, 1.165) is 19.3 Å². The number of ether oxygens (including phenoxy) is 2. The monoisotopic (exact) mass is 537 g/mol. The molecule has 8 nitrogen and oxygen atoms in total. The normalized spacial score (nSPS) is 33.1. The van der Waals surface area contributed by atoms with E-state index in [1.54, 1.807) is 4.90 Å². The first-order chi connectivity index (χ1) is 18.8. The molecule has 2 N–H and O–H groups in total. The smallest absolute Gasteiger partial charge is 0.246 e. The van der Waals surface area contributed by atoms with Gasteiger partial charge in [-0.2, -0.15) is 0 Å². The number of fused-ring (bicyclic) bond motifs is 1. The number of rotatable bonds is 10. The zero-order valence-electron chi connectivity index (χ0n) is 23.7. The second-order valence-corrected chi connectivity index (χ2v) is 11.9. The SMILES string of the molecule is CCOCCCN1C(=O)[C@H]2C(C(=O)Nc3ccc(C(C)C)cc3)[C@H]3C=CC2(O3)C1C(=O)NC1CCCCC1C. The van der Waals surface area contributed by atoms with E-state index in [9.17, 15) is 14.4 Å². The van der Waals surface area contributed by atoms with Gasteiger partial charge in [-0.15, -0.1) is 0 Å². The summed E-state index contributed by atoms with van der Waals surface area (Å²) in [5.41, 5.74) is 0.733. The molecule has 2 saturated heterocycles. The van der Waals surface area contributed by atoms with E-state index < -0.39 is 29.6 Å². The van der Waals surface area contributed by atoms with Crippen LogP contribution in [-0.2, 0) is 23.9 Å². The van der Waals surface area contributed by atoms with Crippen LogP contribution in [0, 0.1) is 17.8 Å². The van der Waals surface area contributed by atoms with Crippen molar-refractivity contribution >= 4 is 23.4 Å². The van der Waals surface area contributed by atoms with Gasteiger partial charge in [0.2, 0.25) is 17.7 Å². The number of amides is 3. The molecule has 5 rings (SSSR count). The first-order valence-corrected chi connectivity index (χ1v) is 14.7. The van der Waals surface area contributed by atoms with Gasteiger partial charge in [0, 0.05) is 31.5 Å². The highest BCUT2D eigenvalue weighted by atomic mass is 16.5. The average Bonchev–Trinajstić information content (AvgIpc) is 3.55. The van der Waals surface area contributed by atoms with Crippen molar-refractivity contribution in [3.8, 4) is 0 Å². The van der Waals surface area contributed by atoms with Crippen LogP contribution in [0.5, 0.6) is 0 Å². The fraction of sp³-hybridized carbons (Fsp3) is 0.645. The molecule has 1 aromatic carbocycles. The van der Waals surface area contributed by atoms with Gasteiger partial charge in [-0.05, 0) is 55.7 Å². The van der Waals surface area contributed by atoms with Gasteiger partial charge in [0.15, 0.2) is 0 Å². The molecule has 1 aliphatic carbocycles. The van der Waals surface area contributed by atoms with Crippen LogP contribution >= 0.6 is 0 Å². The Balaban J connectivity index is 1.39. The number of anilines is 1. The zero-order valence-corrected chi connectivity index (χ0v) is 23.7. The summed E-state index contributed by atoms with van der Waals surface area (Å²) in [6.07, 6.45) is 8.09. The van der Waals surface area contributed by atoms with Crippen LogP contribution in [0.4, 0.5) is 5.69 Å². The van der Waals surface area contributed by atoms with Gasteiger partial charge >= 0.3 is 0 Å². The summed E-state index contributed by atoms with van der Waals surface area (Å²) in [6.45, 7) is 9.83. The Kier molecular flexibility index (Phi) is 8.15. The van der Waals surface area contributed by atoms with Crippen molar-refractivity contribution in [1.82, 2.24) is 10.2 Å². The zero-order chi connectivity index (χ0) is 27.7. The molecule has 3 fully saturated rings. The van der Waals surface area contributed by atoms with Gasteiger partial charge in [-0.25, -0.2) is 0 Å². The van der Waals surface area contributed by atoms with Gasteiger partial charge in [-0.3, -0.25) is 14.4 Å². The summed E-state index contributed by atoms with van der Waals surface area (Å²) in [5, 5.41) is 6.28. The van der Waals surface area contributed by atoms with Gasteiger partial charge in [0.05, 0.1) is 17.9 Å². The van der Waals surface area contributed by atoms with Gasteiger partial charge in [0.25, 0.3) is 0 Å². The Hall–Kier alpha value is -2.71. The minimum Gasteiger partial charge on any atom is -0.382 e. The first kappa shape index (κ1) is 27.8. The molecule has 4 aliphatic rings. The predicted molar refractivity (Wildman–Crippen MR) is 149 cm³/mol. The third-order valence-electron chi connectivity index (χ3n) is 9.10. The Morgan fingerprint density at radius 3 is 2.59 bits per heavy atom. The van der Waals surface area contributed by atoms with Crippen LogP contribution in [-0.4, -0.2) is 66.2 Å². The Morgan fingerprint density at radius 2 is 1.90 bits per heavy atom. The molecule has 1 saturated carbocycles. The molecular formula is C31H43N3O5. The summed E-state index contributed by atoms with van der Waals surface area (Å²) in [6, 6.07) is 7.07. The maximum Gasteiger partial charge on any atom is 0.246 e. The van der Waals surface area contributed by atoms with Crippen molar-refractivity contribution in [3.63, 3.8) is 0 Å². The lowest BCUT2D eigenvalue weighted by atomic mass is 9.74. The minimum atomic E-state index is -1.14.